The molecule has 3 aromatic rings. The van der Waals surface area contributed by atoms with Crippen molar-refractivity contribution >= 4 is 23.0 Å². The second-order valence-corrected chi connectivity index (χ2v) is 8.76. The van der Waals surface area contributed by atoms with Crippen molar-refractivity contribution in [1.82, 2.24) is 34.9 Å². The van der Waals surface area contributed by atoms with Crippen LogP contribution in [0.1, 0.15) is 43.0 Å². The number of nitriles is 1. The Hall–Kier alpha value is -3.74. The van der Waals surface area contributed by atoms with E-state index in [0.29, 0.717) is 48.4 Å². The van der Waals surface area contributed by atoms with E-state index in [1.807, 2.05) is 13.1 Å². The number of carbonyl (C=O) groups is 2. The van der Waals surface area contributed by atoms with Crippen LogP contribution in [0.5, 0.6) is 0 Å². The van der Waals surface area contributed by atoms with E-state index in [9.17, 15) is 9.59 Å². The molecule has 0 radical (unpaired) electrons. The Bertz CT molecular complexity index is 1230. The lowest BCUT2D eigenvalue weighted by Gasteiger charge is -2.32. The Balaban J connectivity index is 1.36. The van der Waals surface area contributed by atoms with Crippen molar-refractivity contribution in [3.8, 4) is 17.3 Å². The number of hydrogen-bond acceptors (Lipinski definition) is 6. The van der Waals surface area contributed by atoms with Crippen molar-refractivity contribution in [2.24, 2.45) is 11.8 Å². The molecule has 2 N–H and O–H groups in total. The van der Waals surface area contributed by atoms with Crippen molar-refractivity contribution in [2.45, 2.75) is 45.2 Å². The van der Waals surface area contributed by atoms with Crippen LogP contribution >= 0.6 is 0 Å². The number of nitrogens with one attached hydrogen (secondary N) is 2. The standard InChI is InChI=1S/C23H26N8O2/c1-2-31-13-16(10-27-31)18-12-26-21-20(28-18)17(11-25-21)22(32)29-19(15-3-4-15)23(33)30-7-5-14(9-24)6-8-30/h10-15,19H,2-8H2,1H3,(H,25,26)(H,29,32). The first-order valence-corrected chi connectivity index (χ1v) is 11.4. The van der Waals surface area contributed by atoms with Crippen molar-refractivity contribution in [1.29, 1.82) is 5.26 Å². The number of aromatic nitrogens is 5. The van der Waals surface area contributed by atoms with Gasteiger partial charge in [0.25, 0.3) is 5.91 Å². The molecule has 1 aliphatic carbocycles. The zero-order valence-corrected chi connectivity index (χ0v) is 18.5. The van der Waals surface area contributed by atoms with Gasteiger partial charge in [0.15, 0.2) is 5.65 Å². The third kappa shape index (κ3) is 4.18. The molecule has 33 heavy (non-hydrogen) atoms. The Morgan fingerprint density at radius 2 is 2.06 bits per heavy atom. The third-order valence-electron chi connectivity index (χ3n) is 6.51. The summed E-state index contributed by atoms with van der Waals surface area (Å²) in [5.41, 5.74) is 2.80. The minimum atomic E-state index is -0.556. The molecule has 1 saturated carbocycles. The van der Waals surface area contributed by atoms with E-state index in [0.717, 1.165) is 24.9 Å². The summed E-state index contributed by atoms with van der Waals surface area (Å²) in [5.74, 6) is -0.233. The van der Waals surface area contributed by atoms with Crippen LogP contribution in [-0.2, 0) is 11.3 Å². The fourth-order valence-corrected chi connectivity index (χ4v) is 4.33. The maximum absolute atomic E-state index is 13.2. The van der Waals surface area contributed by atoms with E-state index in [4.69, 9.17) is 5.26 Å². The molecule has 0 aromatic carbocycles. The summed E-state index contributed by atoms with van der Waals surface area (Å²) >= 11 is 0. The molecule has 170 valence electrons. The minimum absolute atomic E-state index is 0.00596. The molecule has 1 saturated heterocycles. The number of aromatic amines is 1. The van der Waals surface area contributed by atoms with Gasteiger partial charge in [-0.15, -0.1) is 0 Å². The fourth-order valence-electron chi connectivity index (χ4n) is 4.33. The van der Waals surface area contributed by atoms with Crippen LogP contribution < -0.4 is 5.32 Å². The van der Waals surface area contributed by atoms with Gasteiger partial charge < -0.3 is 15.2 Å². The van der Waals surface area contributed by atoms with Gasteiger partial charge in [-0.2, -0.15) is 10.4 Å². The average Bonchev–Trinajstić information content (AvgIpc) is 3.41. The zero-order chi connectivity index (χ0) is 22.9. The summed E-state index contributed by atoms with van der Waals surface area (Å²) in [5, 5.41) is 16.4. The molecule has 10 nitrogen and oxygen atoms in total. The van der Waals surface area contributed by atoms with Gasteiger partial charge >= 0.3 is 0 Å². The Kier molecular flexibility index (Phi) is 5.54. The number of amides is 2. The molecule has 3 aromatic heterocycles. The van der Waals surface area contributed by atoms with Gasteiger partial charge in [-0.1, -0.05) is 0 Å². The first-order valence-electron chi connectivity index (χ1n) is 11.4. The number of rotatable bonds is 6. The topological polar surface area (TPSA) is 133 Å². The van der Waals surface area contributed by atoms with Crippen molar-refractivity contribution in [3.05, 3.63) is 30.4 Å². The summed E-state index contributed by atoms with van der Waals surface area (Å²) in [6.45, 7) is 3.87. The van der Waals surface area contributed by atoms with Crippen molar-refractivity contribution in [2.75, 3.05) is 13.1 Å². The maximum Gasteiger partial charge on any atom is 0.255 e. The Labute approximate surface area is 191 Å². The largest absolute Gasteiger partial charge is 0.344 e. The molecule has 1 unspecified atom stereocenters. The van der Waals surface area contributed by atoms with E-state index >= 15 is 0 Å². The van der Waals surface area contributed by atoms with E-state index in [1.165, 1.54) is 0 Å². The molecule has 1 aliphatic heterocycles. The number of fused-ring (bicyclic) bond motifs is 1. The highest BCUT2D eigenvalue weighted by atomic mass is 16.2. The van der Waals surface area contributed by atoms with Gasteiger partial charge in [0.1, 0.15) is 11.6 Å². The lowest BCUT2D eigenvalue weighted by Crippen LogP contribution is -2.51. The highest BCUT2D eigenvalue weighted by Gasteiger charge is 2.40. The normalized spacial score (nSPS) is 17.6. The molecule has 2 fully saturated rings. The number of piperidine rings is 1. The quantitative estimate of drug-likeness (QED) is 0.596. The summed E-state index contributed by atoms with van der Waals surface area (Å²) in [6, 6.07) is 1.73. The van der Waals surface area contributed by atoms with Crippen LogP contribution in [-0.4, -0.2) is 60.6 Å². The third-order valence-corrected chi connectivity index (χ3v) is 6.51. The van der Waals surface area contributed by atoms with Gasteiger partial charge in [-0.05, 0) is 38.5 Å². The molecular formula is C23H26N8O2. The Morgan fingerprint density at radius 1 is 1.27 bits per heavy atom. The molecule has 0 spiro atoms. The van der Waals surface area contributed by atoms with E-state index in [-0.39, 0.29) is 23.7 Å². The molecule has 4 heterocycles. The fraction of sp³-hybridized carbons (Fsp3) is 0.478. The summed E-state index contributed by atoms with van der Waals surface area (Å²) in [4.78, 5) is 40.3. The molecule has 5 rings (SSSR count). The van der Waals surface area contributed by atoms with E-state index in [2.05, 4.69) is 31.4 Å². The first-order chi connectivity index (χ1) is 16.1. The van der Waals surface area contributed by atoms with Crippen molar-refractivity contribution in [3.63, 3.8) is 0 Å². The summed E-state index contributed by atoms with van der Waals surface area (Å²) < 4.78 is 1.80. The zero-order valence-electron chi connectivity index (χ0n) is 18.5. The molecule has 1 atom stereocenters. The average molecular weight is 447 g/mol. The molecule has 0 bridgehead atoms. The van der Waals surface area contributed by atoms with E-state index in [1.54, 1.807) is 28.2 Å². The lowest BCUT2D eigenvalue weighted by molar-refractivity contribution is -0.135. The molecule has 2 amide bonds. The van der Waals surface area contributed by atoms with Crippen LogP contribution in [0.15, 0.2) is 24.8 Å². The second-order valence-electron chi connectivity index (χ2n) is 8.76. The monoisotopic (exact) mass is 446 g/mol. The number of nitrogens with zero attached hydrogens (tertiary/aromatic N) is 6. The highest BCUT2D eigenvalue weighted by Crippen LogP contribution is 2.34. The minimum Gasteiger partial charge on any atom is -0.344 e. The number of hydrogen-bond donors (Lipinski definition) is 2. The van der Waals surface area contributed by atoms with Crippen LogP contribution in [0.3, 0.4) is 0 Å². The predicted octanol–water partition coefficient (Wildman–Crippen LogP) is 2.11. The number of likely N-dealkylation sites (tertiary alicyclic amines) is 1. The van der Waals surface area contributed by atoms with Gasteiger partial charge in [0, 0.05) is 43.5 Å². The van der Waals surface area contributed by atoms with Crippen LogP contribution in [0.4, 0.5) is 0 Å². The maximum atomic E-state index is 13.2. The smallest absolute Gasteiger partial charge is 0.255 e. The molecular weight excluding hydrogens is 420 g/mol. The number of carbonyl (C=O) groups excluding carboxylic acids is 2. The first kappa shape index (κ1) is 21.1. The number of H-pyrrole nitrogens is 1. The van der Waals surface area contributed by atoms with Crippen LogP contribution in [0.25, 0.3) is 22.4 Å². The summed E-state index contributed by atoms with van der Waals surface area (Å²) in [6.07, 6.45) is 10.1. The SMILES string of the molecule is CCn1cc(-c2cnc3[nH]cc(C(=O)NC(C(=O)N4CCC(C#N)CC4)C4CC4)c3n2)cn1. The van der Waals surface area contributed by atoms with Gasteiger partial charge in [-0.3, -0.25) is 14.3 Å². The Morgan fingerprint density at radius 3 is 2.73 bits per heavy atom. The molecule has 2 aliphatic rings. The van der Waals surface area contributed by atoms with Crippen molar-refractivity contribution < 1.29 is 9.59 Å². The second kappa shape index (κ2) is 8.65. The van der Waals surface area contributed by atoms with Crippen LogP contribution in [0, 0.1) is 23.2 Å². The lowest BCUT2D eigenvalue weighted by atomic mass is 9.97. The van der Waals surface area contributed by atoms with Gasteiger partial charge in [0.05, 0.1) is 29.7 Å². The van der Waals surface area contributed by atoms with Gasteiger partial charge in [0.2, 0.25) is 5.91 Å². The number of aryl methyl sites for hydroxylation is 1. The predicted molar refractivity (Wildman–Crippen MR) is 120 cm³/mol. The van der Waals surface area contributed by atoms with E-state index < -0.39 is 6.04 Å². The highest BCUT2D eigenvalue weighted by molar-refractivity contribution is 6.06. The van der Waals surface area contributed by atoms with Gasteiger partial charge in [-0.25, -0.2) is 9.97 Å². The van der Waals surface area contributed by atoms with Crippen LogP contribution in [0.2, 0.25) is 0 Å². The molecule has 10 heteroatoms. The summed E-state index contributed by atoms with van der Waals surface area (Å²) in [7, 11) is 0.